The number of halogens is 1. The van der Waals surface area contributed by atoms with Gasteiger partial charge in [0.05, 0.1) is 12.8 Å². The lowest BCUT2D eigenvalue weighted by atomic mass is 10.2. The molecule has 0 spiro atoms. The quantitative estimate of drug-likeness (QED) is 0.538. The molecule has 0 bridgehead atoms. The van der Waals surface area contributed by atoms with Gasteiger partial charge in [0.25, 0.3) is 0 Å². The zero-order valence-corrected chi connectivity index (χ0v) is 14.5. The molecule has 24 heavy (non-hydrogen) atoms. The van der Waals surface area contributed by atoms with Crippen molar-refractivity contribution in [3.63, 3.8) is 0 Å². The number of nitrogens with one attached hydrogen (secondary N) is 1. The van der Waals surface area contributed by atoms with Crippen molar-refractivity contribution in [2.45, 2.75) is 6.92 Å². The summed E-state index contributed by atoms with van der Waals surface area (Å²) in [5.74, 6) is 1.44. The molecular weight excluding hydrogens is 344 g/mol. The van der Waals surface area contributed by atoms with Crippen molar-refractivity contribution in [1.29, 1.82) is 0 Å². The maximum Gasteiger partial charge on any atom is 0.216 e. The Morgan fingerprint density at radius 2 is 1.92 bits per heavy atom. The van der Waals surface area contributed by atoms with E-state index in [2.05, 4.69) is 15.3 Å². The molecule has 5 nitrogen and oxygen atoms in total. The van der Waals surface area contributed by atoms with E-state index in [1.165, 1.54) is 0 Å². The lowest BCUT2D eigenvalue weighted by Gasteiger charge is -2.04. The van der Waals surface area contributed by atoms with Crippen LogP contribution in [-0.4, -0.2) is 27.7 Å². The number of hydrogen-bond acceptors (Lipinski definition) is 4. The molecular formula is C17H15ClN4OS. The molecule has 0 atom stereocenters. The molecule has 0 saturated heterocycles. The largest absolute Gasteiger partial charge is 0.494 e. The van der Waals surface area contributed by atoms with E-state index in [-0.39, 0.29) is 0 Å². The Morgan fingerprint density at radius 1 is 1.21 bits per heavy atom. The molecule has 0 unspecified atom stereocenters. The van der Waals surface area contributed by atoms with Crippen LogP contribution in [0, 0.1) is 4.77 Å². The van der Waals surface area contributed by atoms with Gasteiger partial charge >= 0.3 is 0 Å². The molecule has 0 saturated carbocycles. The van der Waals surface area contributed by atoms with E-state index in [9.17, 15) is 0 Å². The molecule has 1 N–H and O–H groups in total. The second kappa shape index (κ2) is 7.42. The van der Waals surface area contributed by atoms with E-state index in [4.69, 9.17) is 28.6 Å². The van der Waals surface area contributed by atoms with Crippen LogP contribution in [-0.2, 0) is 0 Å². The van der Waals surface area contributed by atoms with Crippen molar-refractivity contribution < 1.29 is 4.74 Å². The van der Waals surface area contributed by atoms with Gasteiger partial charge in [0.15, 0.2) is 5.82 Å². The molecule has 1 aromatic heterocycles. The fourth-order valence-corrected chi connectivity index (χ4v) is 2.43. The highest BCUT2D eigenvalue weighted by atomic mass is 35.5. The van der Waals surface area contributed by atoms with E-state index in [1.807, 2.05) is 55.5 Å². The number of hydrogen-bond donors (Lipinski definition) is 1. The first-order valence-electron chi connectivity index (χ1n) is 7.38. The number of rotatable bonds is 5. The summed E-state index contributed by atoms with van der Waals surface area (Å²) in [5.41, 5.74) is 1.80. The Kier molecular flexibility index (Phi) is 5.08. The lowest BCUT2D eigenvalue weighted by Crippen LogP contribution is -1.96. The molecule has 2 aromatic carbocycles. The van der Waals surface area contributed by atoms with Gasteiger partial charge < -0.3 is 4.74 Å². The maximum atomic E-state index is 5.89. The maximum absolute atomic E-state index is 5.89. The van der Waals surface area contributed by atoms with Crippen LogP contribution in [0.3, 0.4) is 0 Å². The van der Waals surface area contributed by atoms with E-state index >= 15 is 0 Å². The Balaban J connectivity index is 1.91. The number of aromatic amines is 1. The number of H-pyrrole nitrogens is 1. The second-order valence-electron chi connectivity index (χ2n) is 4.92. The van der Waals surface area contributed by atoms with Gasteiger partial charge in [0, 0.05) is 10.6 Å². The SMILES string of the molecule is CCOc1ccc(-c2n[nH]c(=S)n2/N=C/c2ccc(Cl)cc2)cc1. The molecule has 0 amide bonds. The summed E-state index contributed by atoms with van der Waals surface area (Å²) in [4.78, 5) is 0. The van der Waals surface area contributed by atoms with Gasteiger partial charge in [-0.1, -0.05) is 23.7 Å². The second-order valence-corrected chi connectivity index (χ2v) is 5.74. The average Bonchev–Trinajstić information content (AvgIpc) is 2.96. The summed E-state index contributed by atoms with van der Waals surface area (Å²) in [7, 11) is 0. The monoisotopic (exact) mass is 358 g/mol. The summed E-state index contributed by atoms with van der Waals surface area (Å²) >= 11 is 11.1. The lowest BCUT2D eigenvalue weighted by molar-refractivity contribution is 0.340. The van der Waals surface area contributed by atoms with Crippen LogP contribution in [0.5, 0.6) is 5.75 Å². The minimum Gasteiger partial charge on any atom is -0.494 e. The van der Waals surface area contributed by atoms with Gasteiger partial charge in [0.1, 0.15) is 5.75 Å². The summed E-state index contributed by atoms with van der Waals surface area (Å²) in [6, 6.07) is 15.0. The molecule has 3 rings (SSSR count). The molecule has 0 radical (unpaired) electrons. The first-order chi connectivity index (χ1) is 11.7. The fraction of sp³-hybridized carbons (Fsp3) is 0.118. The van der Waals surface area contributed by atoms with Gasteiger partial charge in [-0.05, 0) is 61.1 Å². The third-order valence-electron chi connectivity index (χ3n) is 3.27. The van der Waals surface area contributed by atoms with Crippen molar-refractivity contribution in [1.82, 2.24) is 14.9 Å². The van der Waals surface area contributed by atoms with Crippen molar-refractivity contribution in [3.8, 4) is 17.1 Å². The number of nitrogens with zero attached hydrogens (tertiary/aromatic N) is 3. The van der Waals surface area contributed by atoms with Gasteiger partial charge in [-0.25, -0.2) is 5.10 Å². The van der Waals surface area contributed by atoms with Crippen LogP contribution < -0.4 is 4.74 Å². The predicted molar refractivity (Wildman–Crippen MR) is 98.5 cm³/mol. The van der Waals surface area contributed by atoms with Crippen molar-refractivity contribution in [2.75, 3.05) is 6.61 Å². The molecule has 0 aliphatic rings. The van der Waals surface area contributed by atoms with E-state index < -0.39 is 0 Å². The van der Waals surface area contributed by atoms with Gasteiger partial charge in [-0.15, -0.1) is 0 Å². The van der Waals surface area contributed by atoms with Crippen molar-refractivity contribution >= 4 is 30.0 Å². The van der Waals surface area contributed by atoms with Gasteiger partial charge in [0.2, 0.25) is 4.77 Å². The van der Waals surface area contributed by atoms with Crippen LogP contribution in [0.25, 0.3) is 11.4 Å². The average molecular weight is 359 g/mol. The first-order valence-corrected chi connectivity index (χ1v) is 8.16. The third-order valence-corrected chi connectivity index (χ3v) is 3.78. The molecule has 7 heteroatoms. The minimum absolute atomic E-state index is 0.420. The zero-order chi connectivity index (χ0) is 16.9. The van der Waals surface area contributed by atoms with Crippen molar-refractivity contribution in [3.05, 3.63) is 63.9 Å². The number of benzene rings is 2. The molecule has 1 heterocycles. The summed E-state index contributed by atoms with van der Waals surface area (Å²) < 4.78 is 7.45. The van der Waals surface area contributed by atoms with Crippen LogP contribution in [0.15, 0.2) is 53.6 Å². The van der Waals surface area contributed by atoms with E-state index in [1.54, 1.807) is 10.9 Å². The highest BCUT2D eigenvalue weighted by molar-refractivity contribution is 7.71. The Labute approximate surface area is 149 Å². The van der Waals surface area contributed by atoms with Crippen LogP contribution >= 0.6 is 23.8 Å². The smallest absolute Gasteiger partial charge is 0.216 e. The van der Waals surface area contributed by atoms with Gasteiger partial charge in [-0.3, -0.25) is 0 Å². The highest BCUT2D eigenvalue weighted by Gasteiger charge is 2.08. The molecule has 122 valence electrons. The molecule has 0 fully saturated rings. The first kappa shape index (κ1) is 16.4. The van der Waals surface area contributed by atoms with Crippen molar-refractivity contribution in [2.24, 2.45) is 5.10 Å². The minimum atomic E-state index is 0.420. The highest BCUT2D eigenvalue weighted by Crippen LogP contribution is 2.21. The molecule has 0 aliphatic heterocycles. The Morgan fingerprint density at radius 3 is 2.58 bits per heavy atom. The molecule has 0 aliphatic carbocycles. The summed E-state index contributed by atoms with van der Waals surface area (Å²) in [6.45, 7) is 2.58. The predicted octanol–water partition coefficient (Wildman–Crippen LogP) is 4.54. The number of aromatic nitrogens is 3. The summed E-state index contributed by atoms with van der Waals surface area (Å²) in [6.07, 6.45) is 1.71. The molecule has 3 aromatic rings. The number of ether oxygens (including phenoxy) is 1. The van der Waals surface area contributed by atoms with Gasteiger partial charge in [-0.2, -0.15) is 14.9 Å². The fourth-order valence-electron chi connectivity index (χ4n) is 2.13. The van der Waals surface area contributed by atoms with Crippen LogP contribution in [0.1, 0.15) is 12.5 Å². The standard InChI is InChI=1S/C17H15ClN4OS/c1-2-23-15-9-5-13(6-10-15)16-20-21-17(24)22(16)19-11-12-3-7-14(18)8-4-12/h3-11H,2H2,1H3,(H,21,24)/b19-11+. The topological polar surface area (TPSA) is 55.2 Å². The van der Waals surface area contributed by atoms with Crippen LogP contribution in [0.4, 0.5) is 0 Å². The third kappa shape index (κ3) is 3.72. The Bertz CT molecular complexity index is 898. The van der Waals surface area contributed by atoms with E-state index in [0.717, 1.165) is 16.9 Å². The zero-order valence-electron chi connectivity index (χ0n) is 12.9. The van der Waals surface area contributed by atoms with E-state index in [0.29, 0.717) is 22.2 Å². The summed E-state index contributed by atoms with van der Waals surface area (Å²) in [5, 5.41) is 12.1. The van der Waals surface area contributed by atoms with Crippen LogP contribution in [0.2, 0.25) is 5.02 Å². The Hall–Kier alpha value is -2.44. The normalized spacial score (nSPS) is 11.1.